The van der Waals surface area contributed by atoms with Crippen LogP contribution in [-0.4, -0.2) is 15.6 Å². The van der Waals surface area contributed by atoms with E-state index in [0.717, 1.165) is 22.6 Å². The fourth-order valence-corrected chi connectivity index (χ4v) is 3.28. The largest absolute Gasteiger partial charge is 0.328 e. The molecule has 2 N–H and O–H groups in total. The molecule has 1 fully saturated rings. The zero-order chi connectivity index (χ0) is 18.4. The van der Waals surface area contributed by atoms with Crippen LogP contribution < -0.4 is 10.6 Å². The van der Waals surface area contributed by atoms with E-state index in [4.69, 9.17) is 12.2 Å². The Kier molecular flexibility index (Phi) is 4.29. The summed E-state index contributed by atoms with van der Waals surface area (Å²) in [4.78, 5) is 11.9. The topological polar surface area (TPSA) is 46.1 Å². The van der Waals surface area contributed by atoms with Crippen LogP contribution in [0.4, 0.5) is 0 Å². The van der Waals surface area contributed by atoms with E-state index in [9.17, 15) is 4.79 Å². The number of rotatable bonds is 2. The molecule has 2 aromatic rings. The van der Waals surface area contributed by atoms with Gasteiger partial charge in [0.2, 0.25) is 0 Å². The Morgan fingerprint density at radius 3 is 2.24 bits per heavy atom. The number of hydrogen-bond donors (Lipinski definition) is 2. The lowest BCUT2D eigenvalue weighted by atomic mass is 9.87. The average molecular weight is 353 g/mol. The van der Waals surface area contributed by atoms with Gasteiger partial charge in [-0.3, -0.25) is 10.1 Å². The van der Waals surface area contributed by atoms with Gasteiger partial charge in [-0.1, -0.05) is 32.9 Å². The molecule has 1 aromatic carbocycles. The lowest BCUT2D eigenvalue weighted by Gasteiger charge is -2.20. The van der Waals surface area contributed by atoms with Gasteiger partial charge < -0.3 is 9.88 Å². The molecule has 1 saturated heterocycles. The van der Waals surface area contributed by atoms with Gasteiger partial charge in [-0.2, -0.15) is 0 Å². The molecule has 0 radical (unpaired) electrons. The second-order valence-corrected chi connectivity index (χ2v) is 7.83. The fraction of sp³-hybridized carbons (Fsp3) is 0.300. The molecule has 0 unspecified atom stereocenters. The Hall–Kier alpha value is -2.40. The van der Waals surface area contributed by atoms with E-state index in [1.807, 2.05) is 6.08 Å². The molecular weight excluding hydrogens is 330 g/mol. The smallest absolute Gasteiger partial charge is 0.273 e. The summed E-state index contributed by atoms with van der Waals surface area (Å²) in [5.74, 6) is -0.190. The van der Waals surface area contributed by atoms with Crippen molar-refractivity contribution in [1.82, 2.24) is 15.2 Å². The van der Waals surface area contributed by atoms with E-state index >= 15 is 0 Å². The van der Waals surface area contributed by atoms with Gasteiger partial charge in [0.25, 0.3) is 5.91 Å². The summed E-state index contributed by atoms with van der Waals surface area (Å²) in [7, 11) is 0. The molecule has 0 spiro atoms. The van der Waals surface area contributed by atoms with Gasteiger partial charge in [0.05, 0.1) is 0 Å². The van der Waals surface area contributed by atoms with Crippen LogP contribution in [0.3, 0.4) is 0 Å². The van der Waals surface area contributed by atoms with Gasteiger partial charge >= 0.3 is 0 Å². The van der Waals surface area contributed by atoms with Crippen molar-refractivity contribution in [3.05, 3.63) is 58.5 Å². The van der Waals surface area contributed by atoms with Gasteiger partial charge in [0.1, 0.15) is 5.70 Å². The van der Waals surface area contributed by atoms with Crippen molar-refractivity contribution in [2.45, 2.75) is 40.0 Å². The monoisotopic (exact) mass is 353 g/mol. The maximum absolute atomic E-state index is 11.9. The first-order chi connectivity index (χ1) is 11.7. The first kappa shape index (κ1) is 17.4. The number of benzene rings is 1. The molecule has 0 bridgehead atoms. The second kappa shape index (κ2) is 6.15. The SMILES string of the molecule is Cc1cc(/C=C2/NC(=S)NC2=O)c(C)n1-c1ccc(C(C)(C)C)cc1. The molecular formula is C20H23N3OS. The van der Waals surface area contributed by atoms with Crippen molar-refractivity contribution in [1.29, 1.82) is 0 Å². The molecule has 4 nitrogen and oxygen atoms in total. The van der Waals surface area contributed by atoms with Gasteiger partial charge in [-0.25, -0.2) is 0 Å². The summed E-state index contributed by atoms with van der Waals surface area (Å²) in [5, 5.41) is 5.83. The van der Waals surface area contributed by atoms with Crippen LogP contribution in [0, 0.1) is 13.8 Å². The highest BCUT2D eigenvalue weighted by atomic mass is 32.1. The third-order valence-electron chi connectivity index (χ3n) is 4.48. The summed E-state index contributed by atoms with van der Waals surface area (Å²) in [6, 6.07) is 10.7. The molecule has 1 amide bonds. The molecule has 1 aromatic heterocycles. The molecule has 0 saturated carbocycles. The second-order valence-electron chi connectivity index (χ2n) is 7.43. The van der Waals surface area contributed by atoms with Crippen LogP contribution in [0.1, 0.15) is 43.3 Å². The van der Waals surface area contributed by atoms with Crippen molar-refractivity contribution in [3.63, 3.8) is 0 Å². The van der Waals surface area contributed by atoms with Gasteiger partial charge in [0.15, 0.2) is 5.11 Å². The molecule has 2 heterocycles. The van der Waals surface area contributed by atoms with Crippen molar-refractivity contribution in [2.24, 2.45) is 0 Å². The lowest BCUT2D eigenvalue weighted by Crippen LogP contribution is -2.21. The number of carbonyl (C=O) groups is 1. The predicted molar refractivity (Wildman–Crippen MR) is 106 cm³/mol. The summed E-state index contributed by atoms with van der Waals surface area (Å²) < 4.78 is 2.20. The molecule has 25 heavy (non-hydrogen) atoms. The minimum Gasteiger partial charge on any atom is -0.328 e. The summed E-state index contributed by atoms with van der Waals surface area (Å²) in [6.45, 7) is 10.8. The fourth-order valence-electron chi connectivity index (χ4n) is 3.08. The highest BCUT2D eigenvalue weighted by molar-refractivity contribution is 7.80. The summed E-state index contributed by atoms with van der Waals surface area (Å²) in [5.41, 5.74) is 6.24. The Morgan fingerprint density at radius 1 is 1.08 bits per heavy atom. The van der Waals surface area contributed by atoms with Crippen LogP contribution in [0.2, 0.25) is 0 Å². The lowest BCUT2D eigenvalue weighted by molar-refractivity contribution is -0.115. The van der Waals surface area contributed by atoms with E-state index in [0.29, 0.717) is 10.8 Å². The summed E-state index contributed by atoms with van der Waals surface area (Å²) >= 11 is 4.98. The molecule has 5 heteroatoms. The predicted octanol–water partition coefficient (Wildman–Crippen LogP) is 3.74. The number of aryl methyl sites for hydroxylation is 1. The number of hydrogen-bond acceptors (Lipinski definition) is 2. The third kappa shape index (κ3) is 3.37. The maximum Gasteiger partial charge on any atom is 0.273 e. The number of nitrogens with zero attached hydrogens (tertiary/aromatic N) is 1. The normalized spacial score (nSPS) is 16.3. The minimum atomic E-state index is -0.190. The van der Waals surface area contributed by atoms with Crippen molar-refractivity contribution in [3.8, 4) is 5.69 Å². The van der Waals surface area contributed by atoms with Gasteiger partial charge in [-0.15, -0.1) is 0 Å². The third-order valence-corrected chi connectivity index (χ3v) is 4.69. The number of amides is 1. The Labute approximate surface area is 153 Å². The van der Waals surface area contributed by atoms with Crippen LogP contribution in [-0.2, 0) is 10.2 Å². The Bertz CT molecular complexity index is 883. The molecule has 1 aliphatic heterocycles. The Morgan fingerprint density at radius 2 is 1.72 bits per heavy atom. The van der Waals surface area contributed by atoms with Crippen LogP contribution >= 0.6 is 12.2 Å². The standard InChI is InChI=1S/C20H23N3OS/c1-12-10-14(11-17-18(24)22-19(25)21-17)13(2)23(12)16-8-6-15(7-9-16)20(3,4)5/h6-11H,1-5H3,(H2,21,22,24,25)/b17-11+. The quantitative estimate of drug-likeness (QED) is 0.639. The first-order valence-electron chi connectivity index (χ1n) is 8.31. The molecule has 130 valence electrons. The Balaban J connectivity index is 1.99. The van der Waals surface area contributed by atoms with Crippen molar-refractivity contribution < 1.29 is 4.79 Å². The number of aromatic nitrogens is 1. The van der Waals surface area contributed by atoms with Gasteiger partial charge in [-0.05, 0) is 66.9 Å². The van der Waals surface area contributed by atoms with Crippen LogP contribution in [0.25, 0.3) is 11.8 Å². The summed E-state index contributed by atoms with van der Waals surface area (Å²) in [6.07, 6.45) is 1.84. The van der Waals surface area contributed by atoms with Crippen molar-refractivity contribution in [2.75, 3.05) is 0 Å². The van der Waals surface area contributed by atoms with E-state index in [2.05, 4.69) is 80.2 Å². The maximum atomic E-state index is 11.9. The zero-order valence-corrected chi connectivity index (χ0v) is 16.0. The van der Waals surface area contributed by atoms with E-state index < -0.39 is 0 Å². The van der Waals surface area contributed by atoms with E-state index in [-0.39, 0.29) is 11.3 Å². The average Bonchev–Trinajstić information content (AvgIpc) is 2.98. The minimum absolute atomic E-state index is 0.134. The first-order valence-corrected chi connectivity index (χ1v) is 8.71. The number of carbonyl (C=O) groups excluding carboxylic acids is 1. The number of nitrogens with one attached hydrogen (secondary N) is 2. The molecule has 0 aliphatic carbocycles. The van der Waals surface area contributed by atoms with Crippen molar-refractivity contribution >= 4 is 29.3 Å². The van der Waals surface area contributed by atoms with E-state index in [1.54, 1.807) is 0 Å². The zero-order valence-electron chi connectivity index (χ0n) is 15.2. The van der Waals surface area contributed by atoms with E-state index in [1.165, 1.54) is 5.56 Å². The molecule has 0 atom stereocenters. The van der Waals surface area contributed by atoms with Crippen LogP contribution in [0.5, 0.6) is 0 Å². The highest BCUT2D eigenvalue weighted by Gasteiger charge is 2.21. The molecule has 3 rings (SSSR count). The molecule has 1 aliphatic rings. The highest BCUT2D eigenvalue weighted by Crippen LogP contribution is 2.26. The van der Waals surface area contributed by atoms with Gasteiger partial charge in [0, 0.05) is 17.1 Å². The van der Waals surface area contributed by atoms with Crippen LogP contribution in [0.15, 0.2) is 36.0 Å². The number of thiocarbonyl (C=S) groups is 1.